The second-order valence-corrected chi connectivity index (χ2v) is 8.28. The van der Waals surface area contributed by atoms with Crippen LogP contribution < -0.4 is 10.1 Å². The van der Waals surface area contributed by atoms with Crippen molar-refractivity contribution in [2.24, 2.45) is 0 Å². The van der Waals surface area contributed by atoms with Gasteiger partial charge in [-0.15, -0.1) is 0 Å². The van der Waals surface area contributed by atoms with Gasteiger partial charge in [0, 0.05) is 11.3 Å². The number of halogens is 2. The van der Waals surface area contributed by atoms with Crippen LogP contribution in [0.2, 0.25) is 10.0 Å². The van der Waals surface area contributed by atoms with E-state index >= 15 is 0 Å². The Bertz CT molecular complexity index is 1350. The summed E-state index contributed by atoms with van der Waals surface area (Å²) in [6, 6.07) is 17.2. The SMILES string of the molecule is CCC(OC(=O)c1ccc2nc(-c3ccc(OC)cc3)[nH]c2c1)C(=O)Nc1ccc(Cl)c(Cl)c1. The highest BCUT2D eigenvalue weighted by Crippen LogP contribution is 2.26. The summed E-state index contributed by atoms with van der Waals surface area (Å²) in [5, 5.41) is 3.38. The molecule has 2 N–H and O–H groups in total. The number of esters is 1. The summed E-state index contributed by atoms with van der Waals surface area (Å²) in [6.07, 6.45) is -0.679. The molecule has 0 spiro atoms. The zero-order valence-corrected chi connectivity index (χ0v) is 19.9. The van der Waals surface area contributed by atoms with Crippen molar-refractivity contribution in [1.82, 2.24) is 9.97 Å². The number of nitrogens with one attached hydrogen (secondary N) is 2. The van der Waals surface area contributed by atoms with Gasteiger partial charge in [-0.05, 0) is 67.1 Å². The minimum absolute atomic E-state index is 0.298. The van der Waals surface area contributed by atoms with Crippen LogP contribution in [0.4, 0.5) is 5.69 Å². The lowest BCUT2D eigenvalue weighted by molar-refractivity contribution is -0.124. The van der Waals surface area contributed by atoms with E-state index in [1.54, 1.807) is 44.4 Å². The average molecular weight is 498 g/mol. The van der Waals surface area contributed by atoms with Gasteiger partial charge in [-0.1, -0.05) is 30.1 Å². The van der Waals surface area contributed by atoms with Crippen molar-refractivity contribution in [2.45, 2.75) is 19.4 Å². The van der Waals surface area contributed by atoms with Crippen molar-refractivity contribution in [1.29, 1.82) is 0 Å². The molecule has 1 aromatic heterocycles. The summed E-state index contributed by atoms with van der Waals surface area (Å²) in [7, 11) is 1.61. The van der Waals surface area contributed by atoms with Gasteiger partial charge in [0.1, 0.15) is 11.6 Å². The van der Waals surface area contributed by atoms with Gasteiger partial charge in [-0.2, -0.15) is 0 Å². The lowest BCUT2D eigenvalue weighted by atomic mass is 10.2. The van der Waals surface area contributed by atoms with Gasteiger partial charge in [-0.25, -0.2) is 9.78 Å². The van der Waals surface area contributed by atoms with Crippen LogP contribution in [0.1, 0.15) is 23.7 Å². The van der Waals surface area contributed by atoms with Crippen molar-refractivity contribution in [3.8, 4) is 17.1 Å². The van der Waals surface area contributed by atoms with Gasteiger partial charge in [-0.3, -0.25) is 4.79 Å². The summed E-state index contributed by atoms with van der Waals surface area (Å²) in [5.41, 5.74) is 3.02. The number of carbonyl (C=O) groups is 2. The maximum atomic E-state index is 12.8. The first-order valence-electron chi connectivity index (χ1n) is 10.5. The maximum Gasteiger partial charge on any atom is 0.338 e. The van der Waals surface area contributed by atoms with Crippen LogP contribution in [0.3, 0.4) is 0 Å². The molecule has 1 unspecified atom stereocenters. The molecule has 4 aromatic rings. The van der Waals surface area contributed by atoms with E-state index < -0.39 is 18.0 Å². The highest BCUT2D eigenvalue weighted by atomic mass is 35.5. The molecule has 0 saturated carbocycles. The number of amides is 1. The zero-order valence-electron chi connectivity index (χ0n) is 18.4. The fraction of sp³-hybridized carbons (Fsp3) is 0.160. The first kappa shape index (κ1) is 23.6. The summed E-state index contributed by atoms with van der Waals surface area (Å²) in [4.78, 5) is 33.2. The number of H-pyrrole nitrogens is 1. The van der Waals surface area contributed by atoms with E-state index in [4.69, 9.17) is 32.7 Å². The van der Waals surface area contributed by atoms with Crippen LogP contribution in [0.5, 0.6) is 5.75 Å². The number of ether oxygens (including phenoxy) is 2. The van der Waals surface area contributed by atoms with Gasteiger partial charge >= 0.3 is 5.97 Å². The number of benzene rings is 3. The molecule has 0 bridgehead atoms. The summed E-state index contributed by atoms with van der Waals surface area (Å²) < 4.78 is 10.7. The van der Waals surface area contributed by atoms with Gasteiger partial charge in [0.15, 0.2) is 6.10 Å². The Labute approximate surface area is 206 Å². The molecule has 1 amide bonds. The number of fused-ring (bicyclic) bond motifs is 1. The highest BCUT2D eigenvalue weighted by molar-refractivity contribution is 6.42. The normalized spacial score (nSPS) is 11.8. The Kier molecular flexibility index (Phi) is 7.05. The molecule has 0 fully saturated rings. The van der Waals surface area contributed by atoms with E-state index in [0.29, 0.717) is 44.6 Å². The van der Waals surface area contributed by atoms with Crippen molar-refractivity contribution in [3.05, 3.63) is 76.3 Å². The third-order valence-electron chi connectivity index (χ3n) is 5.18. The van der Waals surface area contributed by atoms with Crippen LogP contribution in [0.25, 0.3) is 22.4 Å². The smallest absolute Gasteiger partial charge is 0.338 e. The van der Waals surface area contributed by atoms with Crippen molar-refractivity contribution in [3.63, 3.8) is 0 Å². The monoisotopic (exact) mass is 497 g/mol. The van der Waals surface area contributed by atoms with Crippen LogP contribution in [0, 0.1) is 0 Å². The van der Waals surface area contributed by atoms with Gasteiger partial charge in [0.2, 0.25) is 0 Å². The fourth-order valence-corrected chi connectivity index (χ4v) is 3.64. The lowest BCUT2D eigenvalue weighted by Gasteiger charge is -2.16. The van der Waals surface area contributed by atoms with Gasteiger partial charge in [0.05, 0.1) is 33.8 Å². The second kappa shape index (κ2) is 10.2. The fourth-order valence-electron chi connectivity index (χ4n) is 3.34. The van der Waals surface area contributed by atoms with E-state index in [9.17, 15) is 9.59 Å². The molecule has 0 aliphatic carbocycles. The molecule has 174 valence electrons. The minimum atomic E-state index is -0.978. The number of carbonyl (C=O) groups excluding carboxylic acids is 2. The number of rotatable bonds is 7. The quantitative estimate of drug-likeness (QED) is 0.300. The van der Waals surface area contributed by atoms with Crippen molar-refractivity contribution < 1.29 is 19.1 Å². The van der Waals surface area contributed by atoms with E-state index in [-0.39, 0.29) is 0 Å². The zero-order chi connectivity index (χ0) is 24.2. The van der Waals surface area contributed by atoms with Gasteiger partial charge < -0.3 is 19.8 Å². The second-order valence-electron chi connectivity index (χ2n) is 7.47. The van der Waals surface area contributed by atoms with E-state index in [0.717, 1.165) is 11.3 Å². The number of methoxy groups -OCH3 is 1. The Balaban J connectivity index is 1.48. The number of hydrogen-bond donors (Lipinski definition) is 2. The summed E-state index contributed by atoms with van der Waals surface area (Å²) >= 11 is 11.9. The Morgan fingerprint density at radius 2 is 1.79 bits per heavy atom. The number of aromatic amines is 1. The van der Waals surface area contributed by atoms with Crippen LogP contribution in [-0.2, 0) is 9.53 Å². The first-order chi connectivity index (χ1) is 16.4. The Morgan fingerprint density at radius 1 is 1.03 bits per heavy atom. The average Bonchev–Trinajstić information content (AvgIpc) is 3.28. The summed E-state index contributed by atoms with van der Waals surface area (Å²) in [5.74, 6) is 0.339. The molecule has 0 radical (unpaired) electrons. The summed E-state index contributed by atoms with van der Waals surface area (Å²) in [6.45, 7) is 1.76. The molecule has 9 heteroatoms. The van der Waals surface area contributed by atoms with Crippen molar-refractivity contribution in [2.75, 3.05) is 12.4 Å². The van der Waals surface area contributed by atoms with E-state index in [1.165, 1.54) is 6.07 Å². The molecule has 7 nitrogen and oxygen atoms in total. The largest absolute Gasteiger partial charge is 0.497 e. The number of hydrogen-bond acceptors (Lipinski definition) is 5. The number of anilines is 1. The first-order valence-corrected chi connectivity index (χ1v) is 11.2. The Morgan fingerprint density at radius 3 is 2.47 bits per heavy atom. The maximum absolute atomic E-state index is 12.8. The number of aromatic nitrogens is 2. The molecular formula is C25H21Cl2N3O4. The van der Waals surface area contributed by atoms with Gasteiger partial charge in [0.25, 0.3) is 5.91 Å². The lowest BCUT2D eigenvalue weighted by Crippen LogP contribution is -2.32. The molecule has 0 aliphatic heterocycles. The molecular weight excluding hydrogens is 477 g/mol. The predicted molar refractivity (Wildman–Crippen MR) is 133 cm³/mol. The molecule has 0 aliphatic rings. The third-order valence-corrected chi connectivity index (χ3v) is 5.92. The minimum Gasteiger partial charge on any atom is -0.497 e. The van der Waals surface area contributed by atoms with E-state index in [1.807, 2.05) is 24.3 Å². The number of nitrogens with zero attached hydrogens (tertiary/aromatic N) is 1. The van der Waals surface area contributed by atoms with Crippen LogP contribution >= 0.6 is 23.2 Å². The topological polar surface area (TPSA) is 93.3 Å². The third kappa shape index (κ3) is 5.16. The molecule has 3 aromatic carbocycles. The molecule has 34 heavy (non-hydrogen) atoms. The molecule has 1 heterocycles. The van der Waals surface area contributed by atoms with E-state index in [2.05, 4.69) is 15.3 Å². The molecule has 4 rings (SSSR count). The highest BCUT2D eigenvalue weighted by Gasteiger charge is 2.23. The standard InChI is InChI=1S/C25H21Cl2N3O4/c1-3-22(24(31)28-16-7-10-18(26)19(27)13-16)34-25(32)15-6-11-20-21(12-15)30-23(29-20)14-4-8-17(33-2)9-5-14/h4-13,22H,3H2,1-2H3,(H,28,31)(H,29,30). The molecule has 0 saturated heterocycles. The van der Waals surface area contributed by atoms with Crippen LogP contribution in [0.15, 0.2) is 60.7 Å². The van der Waals surface area contributed by atoms with Crippen LogP contribution in [-0.4, -0.2) is 35.1 Å². The van der Waals surface area contributed by atoms with Crippen molar-refractivity contribution >= 4 is 51.8 Å². The number of imidazole rings is 1. The predicted octanol–water partition coefficient (Wildman–Crippen LogP) is 6.12. The Hall–Kier alpha value is -3.55. The molecule has 1 atom stereocenters.